The van der Waals surface area contributed by atoms with Crippen LogP contribution >= 0.6 is 0 Å². The molecular weight excluding hydrogens is 232 g/mol. The molecule has 0 bridgehead atoms. The van der Waals surface area contributed by atoms with Gasteiger partial charge < -0.3 is 14.4 Å². The number of nitrogens with zero attached hydrogens (tertiary/aromatic N) is 2. The van der Waals surface area contributed by atoms with Crippen molar-refractivity contribution in [1.82, 2.24) is 9.55 Å². The number of ether oxygens (including phenoxy) is 1. The molecule has 1 heterocycles. The standard InChI is InChI=1S/C13H16N2O3/c1-18-8-3-2-7-15-9-14-11-6-4-5-10(12(11)15)13(16)17/h4-6,9H,2-3,7-8H2,1H3,(H,16,17). The fourth-order valence-corrected chi connectivity index (χ4v) is 2.00. The molecule has 0 aliphatic rings. The van der Waals surface area contributed by atoms with Crippen molar-refractivity contribution < 1.29 is 14.6 Å². The Morgan fingerprint density at radius 2 is 2.28 bits per heavy atom. The number of hydrogen-bond acceptors (Lipinski definition) is 3. The Hall–Kier alpha value is -1.88. The van der Waals surface area contributed by atoms with Gasteiger partial charge in [0, 0.05) is 20.3 Å². The van der Waals surface area contributed by atoms with Gasteiger partial charge >= 0.3 is 5.97 Å². The molecule has 0 aliphatic carbocycles. The molecule has 96 valence electrons. The highest BCUT2D eigenvalue weighted by molar-refractivity contribution is 6.01. The number of unbranched alkanes of at least 4 members (excludes halogenated alkanes) is 1. The van der Waals surface area contributed by atoms with Crippen molar-refractivity contribution in [2.75, 3.05) is 13.7 Å². The van der Waals surface area contributed by atoms with Gasteiger partial charge in [0.25, 0.3) is 0 Å². The molecule has 0 aliphatic heterocycles. The first-order valence-corrected chi connectivity index (χ1v) is 5.90. The van der Waals surface area contributed by atoms with Crippen LogP contribution in [0.3, 0.4) is 0 Å². The number of rotatable bonds is 6. The summed E-state index contributed by atoms with van der Waals surface area (Å²) < 4.78 is 6.89. The molecule has 0 atom stereocenters. The lowest BCUT2D eigenvalue weighted by atomic mass is 10.2. The summed E-state index contributed by atoms with van der Waals surface area (Å²) in [7, 11) is 1.68. The first-order chi connectivity index (χ1) is 8.74. The quantitative estimate of drug-likeness (QED) is 0.796. The Morgan fingerprint density at radius 3 is 3.00 bits per heavy atom. The number of fused-ring (bicyclic) bond motifs is 1. The van der Waals surface area contributed by atoms with Crippen LogP contribution in [0.15, 0.2) is 24.5 Å². The molecule has 1 aromatic heterocycles. The van der Waals surface area contributed by atoms with Gasteiger partial charge in [0.05, 0.1) is 22.9 Å². The van der Waals surface area contributed by atoms with E-state index >= 15 is 0 Å². The van der Waals surface area contributed by atoms with Gasteiger partial charge in [-0.1, -0.05) is 6.07 Å². The topological polar surface area (TPSA) is 64.4 Å². The van der Waals surface area contributed by atoms with Crippen molar-refractivity contribution in [2.24, 2.45) is 0 Å². The van der Waals surface area contributed by atoms with Crippen molar-refractivity contribution in [3.63, 3.8) is 0 Å². The van der Waals surface area contributed by atoms with Gasteiger partial charge in [-0.25, -0.2) is 9.78 Å². The summed E-state index contributed by atoms with van der Waals surface area (Å²) in [5, 5.41) is 9.17. The Morgan fingerprint density at radius 1 is 1.44 bits per heavy atom. The van der Waals surface area contributed by atoms with Gasteiger partial charge in [-0.3, -0.25) is 0 Å². The van der Waals surface area contributed by atoms with E-state index in [1.807, 2.05) is 10.6 Å². The van der Waals surface area contributed by atoms with E-state index in [0.29, 0.717) is 11.1 Å². The van der Waals surface area contributed by atoms with Crippen LogP contribution in [0.25, 0.3) is 11.0 Å². The summed E-state index contributed by atoms with van der Waals surface area (Å²) in [6, 6.07) is 5.15. The number of aryl methyl sites for hydroxylation is 1. The Bertz CT molecular complexity index is 548. The van der Waals surface area contributed by atoms with Gasteiger partial charge in [0.15, 0.2) is 0 Å². The molecule has 1 aromatic carbocycles. The number of benzene rings is 1. The SMILES string of the molecule is COCCCCn1cnc2cccc(C(=O)O)c21. The molecule has 0 unspecified atom stereocenters. The van der Waals surface area contributed by atoms with E-state index in [4.69, 9.17) is 4.74 Å². The molecule has 0 spiro atoms. The lowest BCUT2D eigenvalue weighted by Crippen LogP contribution is -2.04. The minimum absolute atomic E-state index is 0.303. The maximum absolute atomic E-state index is 11.2. The molecule has 2 aromatic rings. The molecular formula is C13H16N2O3. The van der Waals surface area contributed by atoms with E-state index in [1.54, 1.807) is 25.6 Å². The average molecular weight is 248 g/mol. The van der Waals surface area contributed by atoms with Gasteiger partial charge in [0.2, 0.25) is 0 Å². The lowest BCUT2D eigenvalue weighted by Gasteiger charge is -2.06. The van der Waals surface area contributed by atoms with E-state index in [9.17, 15) is 9.90 Å². The summed E-state index contributed by atoms with van der Waals surface area (Å²) in [6.45, 7) is 1.47. The van der Waals surface area contributed by atoms with Crippen LogP contribution in [0.4, 0.5) is 0 Å². The molecule has 2 rings (SSSR count). The van der Waals surface area contributed by atoms with Crippen molar-refractivity contribution in [3.05, 3.63) is 30.1 Å². The molecule has 0 amide bonds. The number of methoxy groups -OCH3 is 1. The summed E-state index contributed by atoms with van der Waals surface area (Å²) in [5.41, 5.74) is 1.72. The van der Waals surface area contributed by atoms with E-state index < -0.39 is 5.97 Å². The smallest absolute Gasteiger partial charge is 0.337 e. The van der Waals surface area contributed by atoms with Crippen LogP contribution in [0.1, 0.15) is 23.2 Å². The summed E-state index contributed by atoms with van der Waals surface area (Å²) in [5.74, 6) is -0.917. The maximum atomic E-state index is 11.2. The number of hydrogen-bond donors (Lipinski definition) is 1. The van der Waals surface area contributed by atoms with Gasteiger partial charge in [-0.2, -0.15) is 0 Å². The molecule has 5 heteroatoms. The predicted molar refractivity (Wildman–Crippen MR) is 67.8 cm³/mol. The zero-order chi connectivity index (χ0) is 13.0. The molecule has 18 heavy (non-hydrogen) atoms. The number of carbonyl (C=O) groups is 1. The van der Waals surface area contributed by atoms with Crippen LogP contribution in [0, 0.1) is 0 Å². The van der Waals surface area contributed by atoms with E-state index in [0.717, 1.165) is 31.5 Å². The van der Waals surface area contributed by atoms with E-state index in [2.05, 4.69) is 4.98 Å². The first kappa shape index (κ1) is 12.6. The van der Waals surface area contributed by atoms with Crippen molar-refractivity contribution in [2.45, 2.75) is 19.4 Å². The highest BCUT2D eigenvalue weighted by Crippen LogP contribution is 2.18. The van der Waals surface area contributed by atoms with Gasteiger partial charge in [0.1, 0.15) is 0 Å². The maximum Gasteiger partial charge on any atom is 0.337 e. The van der Waals surface area contributed by atoms with Gasteiger partial charge in [-0.05, 0) is 25.0 Å². The molecule has 0 fully saturated rings. The minimum atomic E-state index is -0.917. The molecule has 1 N–H and O–H groups in total. The fraction of sp³-hybridized carbons (Fsp3) is 0.385. The Kier molecular flexibility index (Phi) is 3.94. The van der Waals surface area contributed by atoms with Crippen LogP contribution in [0.2, 0.25) is 0 Å². The molecule has 5 nitrogen and oxygen atoms in total. The van der Waals surface area contributed by atoms with Crippen LogP contribution < -0.4 is 0 Å². The van der Waals surface area contributed by atoms with E-state index in [-0.39, 0.29) is 0 Å². The Labute approximate surface area is 105 Å². The van der Waals surface area contributed by atoms with Crippen LogP contribution in [0.5, 0.6) is 0 Å². The largest absolute Gasteiger partial charge is 0.478 e. The summed E-state index contributed by atoms with van der Waals surface area (Å²) >= 11 is 0. The van der Waals surface area contributed by atoms with Crippen LogP contribution in [-0.4, -0.2) is 34.3 Å². The highest BCUT2D eigenvalue weighted by atomic mass is 16.5. The molecule has 0 radical (unpaired) electrons. The van der Waals surface area contributed by atoms with Gasteiger partial charge in [-0.15, -0.1) is 0 Å². The normalized spacial score (nSPS) is 10.9. The average Bonchev–Trinajstić information content (AvgIpc) is 2.77. The number of carboxylic acids is 1. The number of aromatic nitrogens is 2. The van der Waals surface area contributed by atoms with E-state index in [1.165, 1.54) is 0 Å². The predicted octanol–water partition coefficient (Wildman–Crippen LogP) is 2.16. The second kappa shape index (κ2) is 5.64. The van der Waals surface area contributed by atoms with Crippen molar-refractivity contribution in [3.8, 4) is 0 Å². The third kappa shape index (κ3) is 2.51. The minimum Gasteiger partial charge on any atom is -0.478 e. The lowest BCUT2D eigenvalue weighted by molar-refractivity contribution is 0.0698. The molecule has 0 saturated heterocycles. The third-order valence-corrected chi connectivity index (χ3v) is 2.87. The number of imidazole rings is 1. The zero-order valence-electron chi connectivity index (χ0n) is 10.3. The summed E-state index contributed by atoms with van der Waals surface area (Å²) in [4.78, 5) is 15.4. The summed E-state index contributed by atoms with van der Waals surface area (Å²) in [6.07, 6.45) is 3.59. The highest BCUT2D eigenvalue weighted by Gasteiger charge is 2.12. The number of para-hydroxylation sites is 1. The van der Waals surface area contributed by atoms with Crippen molar-refractivity contribution in [1.29, 1.82) is 0 Å². The van der Waals surface area contributed by atoms with Crippen molar-refractivity contribution >= 4 is 17.0 Å². The van der Waals surface area contributed by atoms with Crippen LogP contribution in [-0.2, 0) is 11.3 Å². The number of carboxylic acid groups (broad SMARTS) is 1. The third-order valence-electron chi connectivity index (χ3n) is 2.87. The monoisotopic (exact) mass is 248 g/mol. The zero-order valence-corrected chi connectivity index (χ0v) is 10.3. The molecule has 0 saturated carbocycles. The second-order valence-corrected chi connectivity index (χ2v) is 4.12. The fourth-order valence-electron chi connectivity index (χ4n) is 2.00. The Balaban J connectivity index is 2.25. The number of aromatic carboxylic acids is 1. The first-order valence-electron chi connectivity index (χ1n) is 5.90. The second-order valence-electron chi connectivity index (χ2n) is 4.12.